The van der Waals surface area contributed by atoms with Crippen LogP contribution in [0.15, 0.2) is 66.2 Å². The monoisotopic (exact) mass is 473 g/mol. The normalized spacial score (nSPS) is 17.3. The maximum absolute atomic E-state index is 13.7. The van der Waals surface area contributed by atoms with Crippen molar-refractivity contribution in [2.75, 3.05) is 12.0 Å². The summed E-state index contributed by atoms with van der Waals surface area (Å²) in [6.45, 7) is 7.71. The number of halogens is 1. The molecule has 1 N–H and O–H groups in total. The van der Waals surface area contributed by atoms with Crippen LogP contribution in [-0.4, -0.2) is 23.9 Å². The Morgan fingerprint density at radius 3 is 2.31 bits per heavy atom. The number of anilines is 1. The highest BCUT2D eigenvalue weighted by Gasteiger charge is 2.47. The van der Waals surface area contributed by atoms with E-state index in [1.807, 2.05) is 39.8 Å². The zero-order valence-corrected chi connectivity index (χ0v) is 20.4. The molecule has 1 aliphatic rings. The van der Waals surface area contributed by atoms with Gasteiger partial charge in [0, 0.05) is 11.3 Å². The molecule has 0 saturated carbocycles. The molecule has 1 atom stereocenters. The van der Waals surface area contributed by atoms with Crippen molar-refractivity contribution in [2.45, 2.75) is 39.7 Å². The van der Waals surface area contributed by atoms with Crippen LogP contribution in [0.25, 0.3) is 5.76 Å². The molecule has 1 heterocycles. The number of ketones is 1. The molecule has 0 spiro atoms. The van der Waals surface area contributed by atoms with Crippen molar-refractivity contribution in [3.63, 3.8) is 0 Å². The van der Waals surface area contributed by atoms with E-state index in [2.05, 4.69) is 0 Å². The first kappa shape index (κ1) is 24.2. The Hall–Kier alpha value is -3.93. The Morgan fingerprint density at radius 1 is 1.03 bits per heavy atom. The number of Topliss-reactive ketones (excluding diaryl/α,β-unsaturated/α-hetero) is 1. The molecule has 3 aromatic carbocycles. The molecule has 5 nitrogen and oxygen atoms in total. The van der Waals surface area contributed by atoms with Crippen LogP contribution < -0.4 is 9.64 Å². The maximum atomic E-state index is 13.7. The van der Waals surface area contributed by atoms with Crippen molar-refractivity contribution >= 4 is 23.1 Å². The molecule has 35 heavy (non-hydrogen) atoms. The molecule has 1 amide bonds. The number of carbonyl (C=O) groups is 2. The third-order valence-electron chi connectivity index (χ3n) is 6.36. The molecule has 0 radical (unpaired) electrons. The number of amides is 1. The van der Waals surface area contributed by atoms with Gasteiger partial charge >= 0.3 is 0 Å². The second-order valence-electron chi connectivity index (χ2n) is 9.12. The Labute approximate surface area is 204 Å². The van der Waals surface area contributed by atoms with Crippen molar-refractivity contribution in [1.82, 2.24) is 0 Å². The van der Waals surface area contributed by atoms with Gasteiger partial charge in [-0.1, -0.05) is 38.1 Å². The third kappa shape index (κ3) is 4.32. The van der Waals surface area contributed by atoms with Crippen LogP contribution in [0.1, 0.15) is 53.6 Å². The Balaban J connectivity index is 1.99. The van der Waals surface area contributed by atoms with Crippen LogP contribution in [-0.2, 0) is 9.59 Å². The van der Waals surface area contributed by atoms with Crippen molar-refractivity contribution in [1.29, 1.82) is 0 Å². The van der Waals surface area contributed by atoms with Crippen LogP contribution in [0.2, 0.25) is 0 Å². The van der Waals surface area contributed by atoms with E-state index in [4.69, 9.17) is 4.74 Å². The fourth-order valence-electron chi connectivity index (χ4n) is 4.56. The van der Waals surface area contributed by atoms with E-state index < -0.39 is 23.5 Å². The number of nitrogens with zero attached hydrogens (tertiary/aromatic N) is 1. The number of hydrogen-bond acceptors (Lipinski definition) is 4. The lowest BCUT2D eigenvalue weighted by atomic mass is 9.91. The predicted molar refractivity (Wildman–Crippen MR) is 134 cm³/mol. The third-order valence-corrected chi connectivity index (χ3v) is 6.36. The van der Waals surface area contributed by atoms with Gasteiger partial charge in [0.15, 0.2) is 0 Å². The van der Waals surface area contributed by atoms with E-state index in [9.17, 15) is 19.1 Å². The smallest absolute Gasteiger partial charge is 0.300 e. The van der Waals surface area contributed by atoms with Gasteiger partial charge in [0.1, 0.15) is 17.3 Å². The van der Waals surface area contributed by atoms with Gasteiger partial charge in [-0.05, 0) is 78.4 Å². The SMILES string of the molecule is COc1cc(C)c(/C(O)=C2\C(=O)C(=O)N(c3cccc(C)c3)C2c2ccc(F)cc2)cc1C(C)C. The molecule has 6 heteroatoms. The molecule has 0 aromatic heterocycles. The first-order chi connectivity index (χ1) is 16.6. The van der Waals surface area contributed by atoms with E-state index in [-0.39, 0.29) is 17.3 Å². The van der Waals surface area contributed by atoms with Crippen LogP contribution in [0, 0.1) is 19.7 Å². The molecule has 3 aromatic rings. The number of ether oxygens (including phenoxy) is 1. The van der Waals surface area contributed by atoms with Gasteiger partial charge < -0.3 is 9.84 Å². The lowest BCUT2D eigenvalue weighted by Crippen LogP contribution is -2.29. The van der Waals surface area contributed by atoms with E-state index in [0.29, 0.717) is 28.1 Å². The summed E-state index contributed by atoms with van der Waals surface area (Å²) in [6, 6.07) is 15.6. The average molecular weight is 474 g/mol. The lowest BCUT2D eigenvalue weighted by molar-refractivity contribution is -0.132. The van der Waals surface area contributed by atoms with Gasteiger partial charge in [-0.25, -0.2) is 4.39 Å². The molecule has 0 aliphatic carbocycles. The van der Waals surface area contributed by atoms with Gasteiger partial charge in [-0.15, -0.1) is 0 Å². The minimum absolute atomic E-state index is 0.0360. The fourth-order valence-corrected chi connectivity index (χ4v) is 4.56. The first-order valence-electron chi connectivity index (χ1n) is 11.5. The average Bonchev–Trinajstić information content (AvgIpc) is 3.09. The molecule has 1 aliphatic heterocycles. The summed E-state index contributed by atoms with van der Waals surface area (Å²) in [7, 11) is 1.59. The topological polar surface area (TPSA) is 66.8 Å². The van der Waals surface area contributed by atoms with Crippen LogP contribution in [0.3, 0.4) is 0 Å². The Morgan fingerprint density at radius 2 is 1.71 bits per heavy atom. The molecule has 1 saturated heterocycles. The molecular formula is C29H28FNO4. The van der Waals surface area contributed by atoms with Crippen LogP contribution >= 0.6 is 0 Å². The number of carbonyl (C=O) groups excluding carboxylic acids is 2. The molecule has 180 valence electrons. The maximum Gasteiger partial charge on any atom is 0.300 e. The summed E-state index contributed by atoms with van der Waals surface area (Å²) in [5.41, 5.74) is 3.93. The second-order valence-corrected chi connectivity index (χ2v) is 9.12. The Bertz CT molecular complexity index is 1340. The van der Waals surface area contributed by atoms with Crippen molar-refractivity contribution in [2.24, 2.45) is 0 Å². The number of aliphatic hydroxyl groups is 1. The summed E-state index contributed by atoms with van der Waals surface area (Å²) in [4.78, 5) is 28.1. The van der Waals surface area contributed by atoms with Crippen molar-refractivity contribution in [3.8, 4) is 5.75 Å². The van der Waals surface area contributed by atoms with Gasteiger partial charge in [0.05, 0.1) is 18.7 Å². The summed E-state index contributed by atoms with van der Waals surface area (Å²) in [5.74, 6) is -1.46. The number of hydrogen-bond donors (Lipinski definition) is 1. The highest BCUT2D eigenvalue weighted by molar-refractivity contribution is 6.51. The van der Waals surface area contributed by atoms with Gasteiger partial charge in [-0.2, -0.15) is 0 Å². The lowest BCUT2D eigenvalue weighted by Gasteiger charge is -2.26. The molecule has 1 unspecified atom stereocenters. The molecule has 4 rings (SSSR count). The van der Waals surface area contributed by atoms with Gasteiger partial charge in [0.2, 0.25) is 0 Å². The second kappa shape index (κ2) is 9.37. The predicted octanol–water partition coefficient (Wildman–Crippen LogP) is 6.20. The largest absolute Gasteiger partial charge is 0.507 e. The number of benzene rings is 3. The van der Waals surface area contributed by atoms with Crippen molar-refractivity contribution in [3.05, 3.63) is 99.9 Å². The quantitative estimate of drug-likeness (QED) is 0.272. The first-order valence-corrected chi connectivity index (χ1v) is 11.5. The van der Waals surface area contributed by atoms with E-state index in [0.717, 1.165) is 11.1 Å². The number of aliphatic hydroxyl groups excluding tert-OH is 1. The standard InChI is InChI=1S/C29H28FNO4/c1-16(2)22-15-23(18(4)14-24(22)35-5)27(32)25-26(19-9-11-20(30)12-10-19)31(29(34)28(25)33)21-8-6-7-17(3)13-21/h6-16,26,32H,1-5H3/b27-25+. The summed E-state index contributed by atoms with van der Waals surface area (Å²) < 4.78 is 19.3. The number of aryl methyl sites for hydroxylation is 2. The number of rotatable bonds is 5. The van der Waals surface area contributed by atoms with Gasteiger partial charge in [0.25, 0.3) is 11.7 Å². The highest BCUT2D eigenvalue weighted by Crippen LogP contribution is 2.43. The number of methoxy groups -OCH3 is 1. The van der Waals surface area contributed by atoms with Crippen LogP contribution in [0.4, 0.5) is 10.1 Å². The van der Waals surface area contributed by atoms with Gasteiger partial charge in [-0.3, -0.25) is 14.5 Å². The van der Waals surface area contributed by atoms with Crippen LogP contribution in [0.5, 0.6) is 5.75 Å². The zero-order valence-electron chi connectivity index (χ0n) is 20.4. The molecule has 0 bridgehead atoms. The minimum atomic E-state index is -0.915. The summed E-state index contributed by atoms with van der Waals surface area (Å²) >= 11 is 0. The summed E-state index contributed by atoms with van der Waals surface area (Å²) in [6.07, 6.45) is 0. The Kier molecular flexibility index (Phi) is 6.48. The summed E-state index contributed by atoms with van der Waals surface area (Å²) in [5, 5.41) is 11.5. The molecule has 1 fully saturated rings. The van der Waals surface area contributed by atoms with Crippen molar-refractivity contribution < 1.29 is 23.8 Å². The molecular weight excluding hydrogens is 445 g/mol. The van der Waals surface area contributed by atoms with E-state index in [1.165, 1.54) is 29.2 Å². The zero-order chi connectivity index (χ0) is 25.4. The van der Waals surface area contributed by atoms with E-state index >= 15 is 0 Å². The van der Waals surface area contributed by atoms with E-state index in [1.54, 1.807) is 31.4 Å². The highest BCUT2D eigenvalue weighted by atomic mass is 19.1. The fraction of sp³-hybridized carbons (Fsp3) is 0.241. The minimum Gasteiger partial charge on any atom is -0.507 e.